The molecule has 6 heteroatoms. The number of rotatable bonds is 10. The molecule has 2 aromatic rings. The molecule has 0 amide bonds. The van der Waals surface area contributed by atoms with E-state index < -0.39 is 12.0 Å². The summed E-state index contributed by atoms with van der Waals surface area (Å²) in [7, 11) is 0. The van der Waals surface area contributed by atoms with Crippen LogP contribution < -0.4 is 14.8 Å². The number of carboxylic acid groups (broad SMARTS) is 1. The van der Waals surface area contributed by atoms with Crippen LogP contribution in [0.25, 0.3) is 0 Å². The molecule has 0 fully saturated rings. The Balaban J connectivity index is 2.31. The molecule has 0 aromatic heterocycles. The van der Waals surface area contributed by atoms with Crippen LogP contribution in [0.1, 0.15) is 30.5 Å². The maximum absolute atomic E-state index is 11.9. The number of ether oxygens (including phenoxy) is 2. The molecule has 0 aliphatic heterocycles. The SMILES string of the molecule is C=CCCOc1cc(OCC)cc([C@@H](Nc2ccc(C#N)cc2)C(=O)O)c1. The van der Waals surface area contributed by atoms with Crippen LogP contribution in [0.2, 0.25) is 0 Å². The molecule has 2 N–H and O–H groups in total. The van der Waals surface area contributed by atoms with Crippen LogP contribution in [0.3, 0.4) is 0 Å². The summed E-state index contributed by atoms with van der Waals surface area (Å²) >= 11 is 0. The molecule has 0 radical (unpaired) electrons. The summed E-state index contributed by atoms with van der Waals surface area (Å²) in [5.41, 5.74) is 1.60. The van der Waals surface area contributed by atoms with E-state index in [0.717, 1.165) is 0 Å². The third-order valence-electron chi connectivity index (χ3n) is 3.71. The normalized spacial score (nSPS) is 11.1. The molecule has 2 aromatic carbocycles. The molecule has 0 aliphatic carbocycles. The smallest absolute Gasteiger partial charge is 0.330 e. The Morgan fingerprint density at radius 3 is 2.48 bits per heavy atom. The third kappa shape index (κ3) is 5.79. The van der Waals surface area contributed by atoms with Gasteiger partial charge in [0.15, 0.2) is 6.04 Å². The maximum atomic E-state index is 11.9. The number of carbonyl (C=O) groups is 1. The van der Waals surface area contributed by atoms with Gasteiger partial charge in [-0.25, -0.2) is 4.79 Å². The summed E-state index contributed by atoms with van der Waals surface area (Å²) in [5.74, 6) is 0.0345. The average molecular weight is 366 g/mol. The second kappa shape index (κ2) is 9.88. The number of hydrogen-bond donors (Lipinski definition) is 2. The van der Waals surface area contributed by atoms with Crippen LogP contribution in [0.4, 0.5) is 5.69 Å². The fourth-order valence-electron chi connectivity index (χ4n) is 2.45. The largest absolute Gasteiger partial charge is 0.494 e. The summed E-state index contributed by atoms with van der Waals surface area (Å²) in [6.07, 6.45) is 2.43. The fraction of sp³-hybridized carbons (Fsp3) is 0.238. The summed E-state index contributed by atoms with van der Waals surface area (Å²) < 4.78 is 11.2. The Hall–Kier alpha value is -3.46. The Bertz CT molecular complexity index is 825. The highest BCUT2D eigenvalue weighted by Crippen LogP contribution is 2.29. The highest BCUT2D eigenvalue weighted by molar-refractivity contribution is 5.79. The predicted octanol–water partition coefficient (Wildman–Crippen LogP) is 4.15. The number of benzene rings is 2. The van der Waals surface area contributed by atoms with Crippen molar-refractivity contribution in [1.29, 1.82) is 5.26 Å². The lowest BCUT2D eigenvalue weighted by molar-refractivity contribution is -0.138. The van der Waals surface area contributed by atoms with Crippen molar-refractivity contribution in [1.82, 2.24) is 0 Å². The molecule has 0 heterocycles. The minimum Gasteiger partial charge on any atom is -0.494 e. The topological polar surface area (TPSA) is 91.6 Å². The lowest BCUT2D eigenvalue weighted by Gasteiger charge is -2.18. The van der Waals surface area contributed by atoms with Gasteiger partial charge in [0.2, 0.25) is 0 Å². The van der Waals surface area contributed by atoms with Gasteiger partial charge in [0.1, 0.15) is 11.5 Å². The van der Waals surface area contributed by atoms with Crippen molar-refractivity contribution < 1.29 is 19.4 Å². The van der Waals surface area contributed by atoms with Crippen LogP contribution in [-0.4, -0.2) is 24.3 Å². The molecular formula is C21H22N2O4. The Labute approximate surface area is 158 Å². The highest BCUT2D eigenvalue weighted by atomic mass is 16.5. The Kier molecular flexibility index (Phi) is 7.26. The molecule has 2 rings (SSSR count). The number of hydrogen-bond acceptors (Lipinski definition) is 5. The van der Waals surface area contributed by atoms with E-state index in [0.29, 0.717) is 47.9 Å². The summed E-state index contributed by atoms with van der Waals surface area (Å²) in [6, 6.07) is 12.7. The van der Waals surface area contributed by atoms with E-state index in [1.165, 1.54) is 0 Å². The van der Waals surface area contributed by atoms with Gasteiger partial charge < -0.3 is 19.9 Å². The molecule has 0 saturated carbocycles. The first kappa shape index (κ1) is 19.9. The lowest BCUT2D eigenvalue weighted by Crippen LogP contribution is -2.20. The predicted molar refractivity (Wildman–Crippen MR) is 103 cm³/mol. The van der Waals surface area contributed by atoms with Gasteiger partial charge in [-0.3, -0.25) is 0 Å². The Morgan fingerprint density at radius 2 is 1.93 bits per heavy atom. The number of carboxylic acids is 1. The number of nitrogens with zero attached hydrogens (tertiary/aromatic N) is 1. The van der Waals surface area contributed by atoms with Crippen LogP contribution in [0.5, 0.6) is 11.5 Å². The van der Waals surface area contributed by atoms with Gasteiger partial charge in [-0.1, -0.05) is 6.08 Å². The van der Waals surface area contributed by atoms with E-state index >= 15 is 0 Å². The Morgan fingerprint density at radius 1 is 1.26 bits per heavy atom. The van der Waals surface area contributed by atoms with E-state index in [2.05, 4.69) is 11.9 Å². The van der Waals surface area contributed by atoms with Gasteiger partial charge in [-0.05, 0) is 55.3 Å². The van der Waals surface area contributed by atoms with Crippen molar-refractivity contribution >= 4 is 11.7 Å². The van der Waals surface area contributed by atoms with Gasteiger partial charge in [-0.2, -0.15) is 5.26 Å². The third-order valence-corrected chi connectivity index (χ3v) is 3.71. The molecular weight excluding hydrogens is 344 g/mol. The van der Waals surface area contributed by atoms with Crippen molar-refractivity contribution in [2.75, 3.05) is 18.5 Å². The number of nitriles is 1. The zero-order chi connectivity index (χ0) is 19.6. The molecule has 0 aliphatic rings. The summed E-state index contributed by atoms with van der Waals surface area (Å²) in [6.45, 7) is 6.41. The van der Waals surface area contributed by atoms with Gasteiger partial charge in [0, 0.05) is 11.8 Å². The molecule has 1 atom stereocenters. The highest BCUT2D eigenvalue weighted by Gasteiger charge is 2.21. The molecule has 0 unspecified atom stereocenters. The van der Waals surface area contributed by atoms with Crippen LogP contribution in [-0.2, 0) is 4.79 Å². The zero-order valence-corrected chi connectivity index (χ0v) is 15.1. The van der Waals surface area contributed by atoms with Crippen molar-refractivity contribution in [3.63, 3.8) is 0 Å². The lowest BCUT2D eigenvalue weighted by atomic mass is 10.1. The number of nitrogens with one attached hydrogen (secondary N) is 1. The van der Waals surface area contributed by atoms with Crippen LogP contribution >= 0.6 is 0 Å². The van der Waals surface area contributed by atoms with Gasteiger partial charge >= 0.3 is 5.97 Å². The number of aliphatic carboxylic acids is 1. The van der Waals surface area contributed by atoms with Crippen LogP contribution in [0, 0.1) is 11.3 Å². The van der Waals surface area contributed by atoms with Crippen molar-refractivity contribution in [2.24, 2.45) is 0 Å². The first-order valence-electron chi connectivity index (χ1n) is 8.58. The molecule has 0 saturated heterocycles. The monoisotopic (exact) mass is 366 g/mol. The molecule has 0 spiro atoms. The summed E-state index contributed by atoms with van der Waals surface area (Å²) in [5, 5.41) is 21.6. The standard InChI is InChI=1S/C21H22N2O4/c1-3-5-10-27-19-12-16(11-18(13-19)26-4-2)20(21(24)25)23-17-8-6-15(14-22)7-9-17/h3,6-9,11-13,20,23H,1,4-5,10H2,2H3,(H,24,25)/t20-/m1/s1. The summed E-state index contributed by atoms with van der Waals surface area (Å²) in [4.78, 5) is 11.9. The van der Waals surface area contributed by atoms with Gasteiger partial charge in [0.25, 0.3) is 0 Å². The fourth-order valence-corrected chi connectivity index (χ4v) is 2.45. The van der Waals surface area contributed by atoms with E-state index in [1.54, 1.807) is 48.5 Å². The van der Waals surface area contributed by atoms with E-state index in [1.807, 2.05) is 13.0 Å². The van der Waals surface area contributed by atoms with Gasteiger partial charge in [-0.15, -0.1) is 6.58 Å². The van der Waals surface area contributed by atoms with E-state index in [-0.39, 0.29) is 0 Å². The van der Waals surface area contributed by atoms with Crippen molar-refractivity contribution in [3.8, 4) is 17.6 Å². The van der Waals surface area contributed by atoms with Crippen molar-refractivity contribution in [2.45, 2.75) is 19.4 Å². The van der Waals surface area contributed by atoms with Crippen molar-refractivity contribution in [3.05, 3.63) is 66.2 Å². The maximum Gasteiger partial charge on any atom is 0.330 e. The molecule has 27 heavy (non-hydrogen) atoms. The second-order valence-corrected chi connectivity index (χ2v) is 5.70. The van der Waals surface area contributed by atoms with Gasteiger partial charge in [0.05, 0.1) is 24.8 Å². The second-order valence-electron chi connectivity index (χ2n) is 5.70. The van der Waals surface area contributed by atoms with E-state index in [4.69, 9.17) is 14.7 Å². The van der Waals surface area contributed by atoms with Crippen LogP contribution in [0.15, 0.2) is 55.1 Å². The molecule has 6 nitrogen and oxygen atoms in total. The zero-order valence-electron chi connectivity index (χ0n) is 15.1. The molecule has 140 valence electrons. The first-order valence-corrected chi connectivity index (χ1v) is 8.58. The first-order chi connectivity index (χ1) is 13.1. The average Bonchev–Trinajstić information content (AvgIpc) is 2.66. The quantitative estimate of drug-likeness (QED) is 0.485. The molecule has 0 bridgehead atoms. The van der Waals surface area contributed by atoms with E-state index in [9.17, 15) is 9.90 Å². The number of anilines is 1. The minimum absolute atomic E-state index is 0.444. The minimum atomic E-state index is -1.04.